The number of benzene rings is 1. The van der Waals surface area contributed by atoms with E-state index in [0.29, 0.717) is 0 Å². The number of nitrogens with two attached hydrogens (primary N) is 1. The topological polar surface area (TPSA) is 38.9 Å². The average molecular weight is 262 g/mol. The lowest BCUT2D eigenvalue weighted by molar-refractivity contribution is 0.626. The Morgan fingerprint density at radius 2 is 1.94 bits per heavy atom. The molecule has 1 heterocycles. The summed E-state index contributed by atoms with van der Waals surface area (Å²) in [6.07, 6.45) is 1.80. The molecule has 2 N–H and O–H groups in total. The molecule has 4 heteroatoms. The van der Waals surface area contributed by atoms with E-state index in [1.165, 1.54) is 23.9 Å². The molecule has 0 spiro atoms. The number of hydrogen-bond donors (Lipinski definition) is 1. The first-order chi connectivity index (χ1) is 8.56. The van der Waals surface area contributed by atoms with E-state index in [4.69, 9.17) is 5.73 Å². The van der Waals surface area contributed by atoms with Crippen molar-refractivity contribution in [1.29, 1.82) is 0 Å². The van der Waals surface area contributed by atoms with Gasteiger partial charge in [-0.05, 0) is 49.2 Å². The molecule has 2 nitrogen and oxygen atoms in total. The van der Waals surface area contributed by atoms with E-state index in [9.17, 15) is 4.39 Å². The highest BCUT2D eigenvalue weighted by molar-refractivity contribution is 7.99. The number of hydrogen-bond acceptors (Lipinski definition) is 3. The Morgan fingerprint density at radius 3 is 2.50 bits per heavy atom. The number of rotatable bonds is 3. The monoisotopic (exact) mass is 262 g/mol. The Labute approximate surface area is 110 Å². The summed E-state index contributed by atoms with van der Waals surface area (Å²) in [5, 5.41) is 0.922. The molecule has 1 aromatic carbocycles. The predicted octanol–water partition coefficient (Wildman–Crippen LogP) is 3.70. The zero-order chi connectivity index (χ0) is 13.1. The average Bonchev–Trinajstić information content (AvgIpc) is 2.34. The molecule has 0 amide bonds. The van der Waals surface area contributed by atoms with Gasteiger partial charge in [-0.3, -0.25) is 0 Å². The van der Waals surface area contributed by atoms with Crippen LogP contribution in [0.4, 0.5) is 4.39 Å². The molecule has 0 aliphatic rings. The van der Waals surface area contributed by atoms with E-state index in [1.54, 1.807) is 18.3 Å². The Hall–Kier alpha value is -1.39. The number of aryl methyl sites for hydroxylation is 1. The maximum Gasteiger partial charge on any atom is 0.123 e. The van der Waals surface area contributed by atoms with Gasteiger partial charge >= 0.3 is 0 Å². The highest BCUT2D eigenvalue weighted by Crippen LogP contribution is 2.29. The molecule has 18 heavy (non-hydrogen) atoms. The van der Waals surface area contributed by atoms with Gasteiger partial charge in [-0.15, -0.1) is 0 Å². The number of halogens is 1. The van der Waals surface area contributed by atoms with Gasteiger partial charge in [0.25, 0.3) is 0 Å². The maximum atomic E-state index is 12.8. The van der Waals surface area contributed by atoms with Gasteiger partial charge in [0.2, 0.25) is 0 Å². The van der Waals surface area contributed by atoms with Crippen LogP contribution in [0, 0.1) is 12.7 Å². The molecular weight excluding hydrogens is 247 g/mol. The molecule has 1 atom stereocenters. The highest BCUT2D eigenvalue weighted by Gasteiger charge is 2.06. The smallest absolute Gasteiger partial charge is 0.123 e. The quantitative estimate of drug-likeness (QED) is 0.916. The molecule has 0 aliphatic heterocycles. The molecule has 2 rings (SSSR count). The van der Waals surface area contributed by atoms with Gasteiger partial charge in [0, 0.05) is 17.1 Å². The van der Waals surface area contributed by atoms with Crippen LogP contribution in [0.3, 0.4) is 0 Å². The molecule has 0 saturated heterocycles. The van der Waals surface area contributed by atoms with Crippen molar-refractivity contribution in [1.82, 2.24) is 4.98 Å². The van der Waals surface area contributed by atoms with E-state index in [1.807, 2.05) is 19.9 Å². The van der Waals surface area contributed by atoms with Crippen LogP contribution in [-0.4, -0.2) is 4.98 Å². The summed E-state index contributed by atoms with van der Waals surface area (Å²) < 4.78 is 12.8. The van der Waals surface area contributed by atoms with Crippen LogP contribution in [-0.2, 0) is 0 Å². The van der Waals surface area contributed by atoms with Crippen molar-refractivity contribution in [3.05, 3.63) is 53.5 Å². The predicted molar refractivity (Wildman–Crippen MR) is 72.1 cm³/mol. The van der Waals surface area contributed by atoms with Gasteiger partial charge < -0.3 is 5.73 Å². The third kappa shape index (κ3) is 3.09. The molecule has 94 valence electrons. The van der Waals surface area contributed by atoms with Gasteiger partial charge in [0.1, 0.15) is 10.8 Å². The second-order valence-corrected chi connectivity index (χ2v) is 5.30. The van der Waals surface area contributed by atoms with E-state index >= 15 is 0 Å². The van der Waals surface area contributed by atoms with E-state index < -0.39 is 0 Å². The normalized spacial score (nSPS) is 12.4. The Kier molecular flexibility index (Phi) is 3.99. The van der Waals surface area contributed by atoms with E-state index in [2.05, 4.69) is 4.98 Å². The third-order valence-electron chi connectivity index (χ3n) is 2.61. The summed E-state index contributed by atoms with van der Waals surface area (Å²) >= 11 is 1.52. The van der Waals surface area contributed by atoms with Crippen LogP contribution >= 0.6 is 11.8 Å². The summed E-state index contributed by atoms with van der Waals surface area (Å²) in [6, 6.07) is 8.44. The molecule has 0 radical (unpaired) electrons. The van der Waals surface area contributed by atoms with Crippen molar-refractivity contribution in [3.63, 3.8) is 0 Å². The minimum atomic E-state index is -0.226. The lowest BCUT2D eigenvalue weighted by Crippen LogP contribution is -2.06. The number of pyridine rings is 1. The molecule has 2 aromatic rings. The fourth-order valence-electron chi connectivity index (χ4n) is 1.55. The van der Waals surface area contributed by atoms with Crippen LogP contribution in [0.1, 0.15) is 24.1 Å². The summed E-state index contributed by atoms with van der Waals surface area (Å²) in [4.78, 5) is 5.38. The maximum absolute atomic E-state index is 12.8. The van der Waals surface area contributed by atoms with Crippen molar-refractivity contribution in [2.45, 2.75) is 29.8 Å². The van der Waals surface area contributed by atoms with Crippen LogP contribution in [0.15, 0.2) is 46.5 Å². The molecule has 0 bridgehead atoms. The van der Waals surface area contributed by atoms with Crippen LogP contribution in [0.2, 0.25) is 0 Å². The van der Waals surface area contributed by atoms with Crippen LogP contribution < -0.4 is 5.73 Å². The van der Waals surface area contributed by atoms with Crippen molar-refractivity contribution in [3.8, 4) is 0 Å². The second-order valence-electron chi connectivity index (χ2n) is 4.24. The lowest BCUT2D eigenvalue weighted by Gasteiger charge is -2.09. The molecule has 1 unspecified atom stereocenters. The van der Waals surface area contributed by atoms with Crippen molar-refractivity contribution in [2.24, 2.45) is 5.73 Å². The van der Waals surface area contributed by atoms with E-state index in [0.717, 1.165) is 21.0 Å². The fourth-order valence-corrected chi connectivity index (χ4v) is 2.37. The highest BCUT2D eigenvalue weighted by atomic mass is 32.2. The molecule has 0 saturated carbocycles. The molecule has 1 aromatic heterocycles. The van der Waals surface area contributed by atoms with Crippen molar-refractivity contribution in [2.75, 3.05) is 0 Å². The van der Waals surface area contributed by atoms with E-state index in [-0.39, 0.29) is 11.9 Å². The van der Waals surface area contributed by atoms with Gasteiger partial charge in [-0.2, -0.15) is 0 Å². The third-order valence-corrected chi connectivity index (χ3v) is 3.73. The Bertz CT molecular complexity index is 538. The Morgan fingerprint density at radius 1 is 1.28 bits per heavy atom. The first-order valence-corrected chi connectivity index (χ1v) is 6.53. The van der Waals surface area contributed by atoms with Crippen LogP contribution in [0.5, 0.6) is 0 Å². The molecule has 0 aliphatic carbocycles. The first kappa shape index (κ1) is 13.1. The summed E-state index contributed by atoms with van der Waals surface area (Å²) in [5.74, 6) is -0.226. The first-order valence-electron chi connectivity index (χ1n) is 5.72. The largest absolute Gasteiger partial charge is 0.324 e. The minimum Gasteiger partial charge on any atom is -0.324 e. The van der Waals surface area contributed by atoms with Gasteiger partial charge in [0.15, 0.2) is 0 Å². The van der Waals surface area contributed by atoms with Gasteiger partial charge in [0.05, 0.1) is 0 Å². The summed E-state index contributed by atoms with van der Waals surface area (Å²) in [6.45, 7) is 3.94. The SMILES string of the molecule is Cc1cc(C(C)N)cnc1Sc1ccc(F)cc1. The fraction of sp³-hybridized carbons (Fsp3) is 0.214. The summed E-state index contributed by atoms with van der Waals surface area (Å²) in [7, 11) is 0. The van der Waals surface area contributed by atoms with Gasteiger partial charge in [-0.1, -0.05) is 17.8 Å². The van der Waals surface area contributed by atoms with Gasteiger partial charge in [-0.25, -0.2) is 9.37 Å². The van der Waals surface area contributed by atoms with Crippen molar-refractivity contribution < 1.29 is 4.39 Å². The zero-order valence-corrected chi connectivity index (χ0v) is 11.2. The standard InChI is InChI=1S/C14H15FN2S/c1-9-7-11(10(2)16)8-17-14(9)18-13-5-3-12(15)4-6-13/h3-8,10H,16H2,1-2H3. The minimum absolute atomic E-state index is 0.0129. The van der Waals surface area contributed by atoms with Crippen LogP contribution in [0.25, 0.3) is 0 Å². The lowest BCUT2D eigenvalue weighted by atomic mass is 10.1. The molecular formula is C14H15FN2S. The second kappa shape index (κ2) is 5.50. The summed E-state index contributed by atoms with van der Waals surface area (Å²) in [5.41, 5.74) is 7.92. The number of nitrogens with zero attached hydrogens (tertiary/aromatic N) is 1. The molecule has 0 fully saturated rings. The Balaban J connectivity index is 2.22. The number of aromatic nitrogens is 1. The van der Waals surface area contributed by atoms with Crippen molar-refractivity contribution >= 4 is 11.8 Å². The zero-order valence-electron chi connectivity index (χ0n) is 10.4.